The summed E-state index contributed by atoms with van der Waals surface area (Å²) in [5, 5.41) is 4.66. The maximum Gasteiger partial charge on any atom is 0.265 e. The number of benzene rings is 3. The van der Waals surface area contributed by atoms with Gasteiger partial charge < -0.3 is 5.32 Å². The van der Waals surface area contributed by atoms with Crippen LogP contribution < -0.4 is 9.62 Å². The van der Waals surface area contributed by atoms with E-state index >= 15 is 0 Å². The van der Waals surface area contributed by atoms with E-state index in [0.717, 1.165) is 33.2 Å². The standard InChI is InChI=1S/C23H24N2O3S/c1-15-13-16(2)23(17(3)14-15)24-21(26)11-6-12-25-19-9-4-7-18-8-5-10-20(22(18)19)29(25,27)28/h4-5,7-10,13-14H,6,11-12H2,1-3H3,(H,24,26). The van der Waals surface area contributed by atoms with Crippen molar-refractivity contribution in [1.82, 2.24) is 0 Å². The van der Waals surface area contributed by atoms with Gasteiger partial charge in [-0.1, -0.05) is 42.0 Å². The number of hydrogen-bond donors (Lipinski definition) is 1. The molecule has 1 amide bonds. The van der Waals surface area contributed by atoms with Crippen molar-refractivity contribution in [1.29, 1.82) is 0 Å². The first-order chi connectivity index (χ1) is 13.8. The molecule has 150 valence electrons. The van der Waals surface area contributed by atoms with Crippen LogP contribution in [0.2, 0.25) is 0 Å². The van der Waals surface area contributed by atoms with Crippen molar-refractivity contribution in [3.05, 3.63) is 65.2 Å². The third-order valence-corrected chi connectivity index (χ3v) is 7.24. The first-order valence-electron chi connectivity index (χ1n) is 9.71. The lowest BCUT2D eigenvalue weighted by Gasteiger charge is -2.19. The van der Waals surface area contributed by atoms with Gasteiger partial charge in [0.2, 0.25) is 5.91 Å². The van der Waals surface area contributed by atoms with E-state index < -0.39 is 10.0 Å². The summed E-state index contributed by atoms with van der Waals surface area (Å²) < 4.78 is 27.4. The molecule has 0 aromatic heterocycles. The average Bonchev–Trinajstić information content (AvgIpc) is 2.88. The number of hydrogen-bond acceptors (Lipinski definition) is 3. The number of sulfonamides is 1. The third kappa shape index (κ3) is 3.38. The van der Waals surface area contributed by atoms with E-state index in [2.05, 4.69) is 5.32 Å². The first kappa shape index (κ1) is 19.5. The van der Waals surface area contributed by atoms with E-state index in [-0.39, 0.29) is 18.9 Å². The summed E-state index contributed by atoms with van der Waals surface area (Å²) in [6.45, 7) is 6.25. The molecule has 4 rings (SSSR count). The molecular formula is C23H24N2O3S. The number of carbonyl (C=O) groups excluding carboxylic acids is 1. The van der Waals surface area contributed by atoms with Gasteiger partial charge in [0.15, 0.2) is 0 Å². The second-order valence-corrected chi connectivity index (χ2v) is 9.46. The zero-order valence-electron chi connectivity index (χ0n) is 16.8. The van der Waals surface area contributed by atoms with E-state index in [1.165, 1.54) is 4.31 Å². The minimum atomic E-state index is -3.57. The van der Waals surface area contributed by atoms with Crippen LogP contribution in [0.15, 0.2) is 53.4 Å². The van der Waals surface area contributed by atoms with Gasteiger partial charge in [-0.05, 0) is 55.8 Å². The summed E-state index contributed by atoms with van der Waals surface area (Å²) in [7, 11) is -3.57. The molecule has 0 atom stereocenters. The normalized spacial score (nSPS) is 14.4. The molecule has 3 aromatic rings. The number of carbonyl (C=O) groups is 1. The lowest BCUT2D eigenvalue weighted by atomic mass is 10.0. The Balaban J connectivity index is 1.47. The predicted octanol–water partition coefficient (Wildman–Crippen LogP) is 4.69. The summed E-state index contributed by atoms with van der Waals surface area (Å²) >= 11 is 0. The Hall–Kier alpha value is -2.86. The molecule has 0 fully saturated rings. The lowest BCUT2D eigenvalue weighted by molar-refractivity contribution is -0.116. The number of amides is 1. The van der Waals surface area contributed by atoms with Crippen LogP contribution in [-0.2, 0) is 14.8 Å². The monoisotopic (exact) mass is 408 g/mol. The predicted molar refractivity (Wildman–Crippen MR) is 117 cm³/mol. The van der Waals surface area contributed by atoms with Crippen LogP contribution in [0.3, 0.4) is 0 Å². The summed E-state index contributed by atoms with van der Waals surface area (Å²) in [6, 6.07) is 15.0. The Morgan fingerprint density at radius 2 is 1.66 bits per heavy atom. The smallest absolute Gasteiger partial charge is 0.265 e. The number of nitrogens with zero attached hydrogens (tertiary/aromatic N) is 1. The fourth-order valence-corrected chi connectivity index (χ4v) is 5.91. The van der Waals surface area contributed by atoms with Gasteiger partial charge >= 0.3 is 0 Å². The molecule has 0 radical (unpaired) electrons. The van der Waals surface area contributed by atoms with Gasteiger partial charge in [0, 0.05) is 24.0 Å². The second kappa shape index (κ2) is 7.19. The fourth-order valence-electron chi connectivity index (χ4n) is 4.16. The molecule has 0 bridgehead atoms. The molecule has 1 N–H and O–H groups in total. The van der Waals surface area contributed by atoms with Gasteiger partial charge in [0.25, 0.3) is 10.0 Å². The van der Waals surface area contributed by atoms with Crippen LogP contribution in [0, 0.1) is 20.8 Å². The SMILES string of the molecule is Cc1cc(C)c(NC(=O)CCCN2c3cccc4cccc(c34)S2(=O)=O)c(C)c1. The van der Waals surface area contributed by atoms with Crippen molar-refractivity contribution in [2.45, 2.75) is 38.5 Å². The minimum absolute atomic E-state index is 0.104. The molecule has 0 unspecified atom stereocenters. The topological polar surface area (TPSA) is 66.5 Å². The van der Waals surface area contributed by atoms with Crippen molar-refractivity contribution in [3.8, 4) is 0 Å². The maximum atomic E-state index is 13.0. The highest BCUT2D eigenvalue weighted by molar-refractivity contribution is 7.93. The van der Waals surface area contributed by atoms with Crippen LogP contribution in [0.4, 0.5) is 11.4 Å². The highest BCUT2D eigenvalue weighted by Gasteiger charge is 2.35. The molecule has 0 aliphatic carbocycles. The third-order valence-electron chi connectivity index (χ3n) is 5.39. The summed E-state index contributed by atoms with van der Waals surface area (Å²) in [6.07, 6.45) is 0.699. The molecule has 29 heavy (non-hydrogen) atoms. The van der Waals surface area contributed by atoms with E-state index in [4.69, 9.17) is 0 Å². The zero-order valence-corrected chi connectivity index (χ0v) is 17.6. The van der Waals surface area contributed by atoms with Gasteiger partial charge in [-0.25, -0.2) is 8.42 Å². The Labute approximate surface area is 171 Å². The van der Waals surface area contributed by atoms with Gasteiger partial charge in [0.05, 0.1) is 10.6 Å². The molecule has 5 nitrogen and oxygen atoms in total. The first-order valence-corrected chi connectivity index (χ1v) is 11.2. The highest BCUT2D eigenvalue weighted by Crippen LogP contribution is 2.42. The van der Waals surface area contributed by atoms with Gasteiger partial charge in [-0.15, -0.1) is 0 Å². The Bertz CT molecular complexity index is 1200. The van der Waals surface area contributed by atoms with Crippen LogP contribution >= 0.6 is 0 Å². The largest absolute Gasteiger partial charge is 0.326 e. The molecule has 0 saturated heterocycles. The number of anilines is 2. The minimum Gasteiger partial charge on any atom is -0.326 e. The van der Waals surface area contributed by atoms with Gasteiger partial charge in [-0.2, -0.15) is 0 Å². The van der Waals surface area contributed by atoms with E-state index in [1.807, 2.05) is 57.2 Å². The van der Waals surface area contributed by atoms with E-state index in [1.54, 1.807) is 12.1 Å². The molecule has 0 saturated carbocycles. The number of rotatable bonds is 5. The summed E-state index contributed by atoms with van der Waals surface area (Å²) in [5.41, 5.74) is 4.75. The Morgan fingerprint density at radius 3 is 2.34 bits per heavy atom. The molecule has 0 spiro atoms. The van der Waals surface area contributed by atoms with Crippen LogP contribution in [0.25, 0.3) is 10.8 Å². The van der Waals surface area contributed by atoms with Crippen molar-refractivity contribution >= 4 is 38.1 Å². The number of aryl methyl sites for hydroxylation is 3. The molecular weight excluding hydrogens is 384 g/mol. The Kier molecular flexibility index (Phi) is 4.82. The van der Waals surface area contributed by atoms with Gasteiger partial charge in [0.1, 0.15) is 0 Å². The lowest BCUT2D eigenvalue weighted by Crippen LogP contribution is -2.29. The second-order valence-electron chi connectivity index (χ2n) is 7.63. The quantitative estimate of drug-likeness (QED) is 0.666. The zero-order chi connectivity index (χ0) is 20.8. The van der Waals surface area contributed by atoms with Crippen molar-refractivity contribution < 1.29 is 13.2 Å². The van der Waals surface area contributed by atoms with Crippen LogP contribution in [0.1, 0.15) is 29.5 Å². The molecule has 1 heterocycles. The van der Waals surface area contributed by atoms with Crippen LogP contribution in [-0.4, -0.2) is 20.9 Å². The van der Waals surface area contributed by atoms with Crippen molar-refractivity contribution in [2.24, 2.45) is 0 Å². The molecule has 3 aromatic carbocycles. The maximum absolute atomic E-state index is 13.0. The molecule has 6 heteroatoms. The summed E-state index contributed by atoms with van der Waals surface area (Å²) in [5.74, 6) is -0.104. The van der Waals surface area contributed by atoms with Crippen LogP contribution in [0.5, 0.6) is 0 Å². The van der Waals surface area contributed by atoms with E-state index in [0.29, 0.717) is 17.0 Å². The summed E-state index contributed by atoms with van der Waals surface area (Å²) in [4.78, 5) is 12.8. The molecule has 1 aliphatic rings. The Morgan fingerprint density at radius 1 is 1.00 bits per heavy atom. The average molecular weight is 409 g/mol. The van der Waals surface area contributed by atoms with Gasteiger partial charge in [-0.3, -0.25) is 9.10 Å². The molecule has 1 aliphatic heterocycles. The van der Waals surface area contributed by atoms with Crippen molar-refractivity contribution in [3.63, 3.8) is 0 Å². The highest BCUT2D eigenvalue weighted by atomic mass is 32.2. The fraction of sp³-hybridized carbons (Fsp3) is 0.261. The number of nitrogens with one attached hydrogen (secondary N) is 1. The van der Waals surface area contributed by atoms with Crippen molar-refractivity contribution in [2.75, 3.05) is 16.2 Å². The van der Waals surface area contributed by atoms with E-state index in [9.17, 15) is 13.2 Å².